The van der Waals surface area contributed by atoms with Gasteiger partial charge in [0.2, 0.25) is 0 Å². The first-order chi connectivity index (χ1) is 27.8. The molecule has 4 aliphatic rings. The van der Waals surface area contributed by atoms with Gasteiger partial charge in [0.15, 0.2) is 5.82 Å². The van der Waals surface area contributed by atoms with E-state index in [1.54, 1.807) is 0 Å². The van der Waals surface area contributed by atoms with Gasteiger partial charge in [-0.1, -0.05) is 158 Å². The van der Waals surface area contributed by atoms with E-state index in [0.717, 1.165) is 42.0 Å². The number of nitrogens with zero attached hydrogens (tertiary/aromatic N) is 4. The molecule has 0 bridgehead atoms. The van der Waals surface area contributed by atoms with Crippen LogP contribution in [0.1, 0.15) is 53.6 Å². The molecule has 4 nitrogen and oxygen atoms in total. The lowest BCUT2D eigenvalue weighted by Crippen LogP contribution is -2.33. The molecular weight excluding hydrogens is 681 g/mol. The number of hydrogen-bond donors (Lipinski definition) is 0. The highest BCUT2D eigenvalue weighted by atomic mass is 15.2. The SMILES string of the molecule is C1=CC2c3ccccc3N(C3=CC(c4cc(C5=CC=C(c6ccccc6)CC5)nc(-c5ccccc5)n4)CC(n4c5ccccc5c5ccccc54)=C3)C2C=C1. The Morgan fingerprint density at radius 3 is 1.98 bits per heavy atom. The highest BCUT2D eigenvalue weighted by Crippen LogP contribution is 2.48. The van der Waals surface area contributed by atoms with Crippen LogP contribution in [0.3, 0.4) is 0 Å². The second kappa shape index (κ2) is 13.5. The normalized spacial score (nSPS) is 20.0. The van der Waals surface area contributed by atoms with E-state index in [2.05, 4.69) is 198 Å². The third-order valence-corrected chi connectivity index (χ3v) is 12.0. The summed E-state index contributed by atoms with van der Waals surface area (Å²) in [6, 6.07) is 50.3. The molecule has 3 unspecified atom stereocenters. The van der Waals surface area contributed by atoms with Gasteiger partial charge in [-0.05, 0) is 65.5 Å². The monoisotopic (exact) mass is 720 g/mol. The summed E-state index contributed by atoms with van der Waals surface area (Å²) in [5.41, 5.74) is 14.5. The van der Waals surface area contributed by atoms with E-state index in [1.807, 2.05) is 0 Å². The fourth-order valence-corrected chi connectivity index (χ4v) is 9.37. The van der Waals surface area contributed by atoms with Gasteiger partial charge in [0.05, 0.1) is 28.5 Å². The summed E-state index contributed by atoms with van der Waals surface area (Å²) < 4.78 is 2.50. The van der Waals surface area contributed by atoms with E-state index in [9.17, 15) is 0 Å². The Hall–Kier alpha value is -6.78. The molecule has 3 atom stereocenters. The number of para-hydroxylation sites is 3. The Morgan fingerprint density at radius 2 is 1.23 bits per heavy atom. The molecule has 0 amide bonds. The molecule has 268 valence electrons. The van der Waals surface area contributed by atoms with Crippen LogP contribution in [0.25, 0.3) is 50.0 Å². The van der Waals surface area contributed by atoms with Crippen LogP contribution < -0.4 is 4.90 Å². The van der Waals surface area contributed by atoms with Gasteiger partial charge >= 0.3 is 0 Å². The van der Waals surface area contributed by atoms with E-state index in [0.29, 0.717) is 5.92 Å². The molecule has 2 aromatic heterocycles. The van der Waals surface area contributed by atoms with Crippen molar-refractivity contribution in [1.82, 2.24) is 14.5 Å². The highest BCUT2D eigenvalue weighted by Gasteiger charge is 2.39. The third-order valence-electron chi connectivity index (χ3n) is 12.0. The van der Waals surface area contributed by atoms with Gasteiger partial charge in [0.1, 0.15) is 0 Å². The van der Waals surface area contributed by atoms with Gasteiger partial charge in [-0.25, -0.2) is 9.97 Å². The van der Waals surface area contributed by atoms with Crippen molar-refractivity contribution in [3.63, 3.8) is 0 Å². The fourth-order valence-electron chi connectivity index (χ4n) is 9.37. The van der Waals surface area contributed by atoms with Crippen molar-refractivity contribution in [2.24, 2.45) is 0 Å². The summed E-state index contributed by atoms with van der Waals surface area (Å²) in [5.74, 6) is 1.07. The van der Waals surface area contributed by atoms with Crippen LogP contribution in [0.5, 0.6) is 0 Å². The summed E-state index contributed by atoms with van der Waals surface area (Å²) >= 11 is 0. The summed E-state index contributed by atoms with van der Waals surface area (Å²) in [6.45, 7) is 0. The number of rotatable bonds is 6. The lowest BCUT2D eigenvalue weighted by molar-refractivity contribution is 0.713. The first-order valence-corrected chi connectivity index (χ1v) is 19.8. The first-order valence-electron chi connectivity index (χ1n) is 19.8. The molecular formula is C52H40N4. The molecule has 0 N–H and O–H groups in total. The van der Waals surface area contributed by atoms with E-state index in [-0.39, 0.29) is 12.0 Å². The van der Waals surface area contributed by atoms with Gasteiger partial charge in [0.25, 0.3) is 0 Å². The predicted molar refractivity (Wildman–Crippen MR) is 232 cm³/mol. The van der Waals surface area contributed by atoms with Crippen molar-refractivity contribution in [3.8, 4) is 11.4 Å². The summed E-state index contributed by atoms with van der Waals surface area (Å²) in [6.07, 6.45) is 21.3. The molecule has 4 heteroatoms. The molecule has 0 spiro atoms. The molecule has 56 heavy (non-hydrogen) atoms. The van der Waals surface area contributed by atoms with Crippen molar-refractivity contribution in [2.45, 2.75) is 37.1 Å². The second-order valence-electron chi connectivity index (χ2n) is 15.2. The lowest BCUT2D eigenvalue weighted by Gasteiger charge is -2.33. The number of anilines is 1. The first kappa shape index (κ1) is 32.6. The highest BCUT2D eigenvalue weighted by molar-refractivity contribution is 6.10. The Bertz CT molecular complexity index is 2800. The smallest absolute Gasteiger partial charge is 0.160 e. The van der Waals surface area contributed by atoms with Gasteiger partial charge in [0, 0.05) is 51.7 Å². The van der Waals surface area contributed by atoms with Crippen LogP contribution in [0.4, 0.5) is 5.69 Å². The maximum absolute atomic E-state index is 5.43. The second-order valence-corrected chi connectivity index (χ2v) is 15.2. The van der Waals surface area contributed by atoms with Crippen LogP contribution >= 0.6 is 0 Å². The molecule has 3 aliphatic carbocycles. The largest absolute Gasteiger partial charge is 0.334 e. The van der Waals surface area contributed by atoms with Crippen LogP contribution in [0, 0.1) is 0 Å². The summed E-state index contributed by atoms with van der Waals surface area (Å²) in [7, 11) is 0. The molecule has 0 fully saturated rings. The van der Waals surface area contributed by atoms with E-state index < -0.39 is 0 Å². The average molecular weight is 721 g/mol. The molecule has 7 aromatic rings. The Kier molecular flexibility index (Phi) is 7.87. The van der Waals surface area contributed by atoms with E-state index in [4.69, 9.17) is 9.97 Å². The van der Waals surface area contributed by atoms with Crippen LogP contribution in [-0.2, 0) is 0 Å². The van der Waals surface area contributed by atoms with E-state index >= 15 is 0 Å². The van der Waals surface area contributed by atoms with Gasteiger partial charge in [-0.3, -0.25) is 0 Å². The fraction of sp³-hybridized carbons (Fsp3) is 0.115. The standard InChI is InChI=1S/C52H40N4/c1-3-15-35(16-4-1)36-27-29-37(30-28-36)46-34-47(54-52(53-46)38-17-5-2-6-18-38)39-31-40(55-48-23-11-7-19-42(48)43-20-8-12-24-49(43)55)33-41(32-39)56-50-25-13-9-21-44(50)45-22-10-14-26-51(45)56/h1-27,29,31,33-34,39,42,48H,28,30,32H2. The maximum atomic E-state index is 5.43. The van der Waals surface area contributed by atoms with Crippen molar-refractivity contribution < 1.29 is 0 Å². The Balaban J connectivity index is 1.10. The number of aromatic nitrogens is 3. The summed E-state index contributed by atoms with van der Waals surface area (Å²) in [5, 5.41) is 2.54. The Labute approximate surface area is 327 Å². The minimum absolute atomic E-state index is 0.00285. The van der Waals surface area contributed by atoms with Crippen molar-refractivity contribution >= 4 is 44.3 Å². The van der Waals surface area contributed by atoms with Crippen molar-refractivity contribution in [1.29, 1.82) is 0 Å². The molecule has 0 saturated carbocycles. The zero-order valence-electron chi connectivity index (χ0n) is 31.0. The quantitative estimate of drug-likeness (QED) is 0.172. The van der Waals surface area contributed by atoms with Gasteiger partial charge in [-0.2, -0.15) is 0 Å². The number of allylic oxidation sites excluding steroid dienone is 9. The van der Waals surface area contributed by atoms with Crippen molar-refractivity contribution in [2.75, 3.05) is 4.90 Å². The Morgan fingerprint density at radius 1 is 0.589 bits per heavy atom. The van der Waals surface area contributed by atoms with Crippen LogP contribution in [0.2, 0.25) is 0 Å². The molecule has 11 rings (SSSR count). The van der Waals surface area contributed by atoms with Gasteiger partial charge < -0.3 is 9.47 Å². The predicted octanol–water partition coefficient (Wildman–Crippen LogP) is 12.5. The molecule has 0 saturated heterocycles. The number of hydrogen-bond acceptors (Lipinski definition) is 3. The maximum Gasteiger partial charge on any atom is 0.160 e. The zero-order chi connectivity index (χ0) is 37.0. The number of benzene rings is 5. The topological polar surface area (TPSA) is 34.0 Å². The van der Waals surface area contributed by atoms with Crippen molar-refractivity contribution in [3.05, 3.63) is 216 Å². The molecule has 0 radical (unpaired) electrons. The van der Waals surface area contributed by atoms with E-state index in [1.165, 1.54) is 61.2 Å². The molecule has 5 aromatic carbocycles. The molecule has 3 heterocycles. The van der Waals surface area contributed by atoms with Crippen LogP contribution in [-0.4, -0.2) is 20.6 Å². The minimum Gasteiger partial charge on any atom is -0.334 e. The lowest BCUT2D eigenvalue weighted by atomic mass is 9.88. The minimum atomic E-state index is 0.00285. The van der Waals surface area contributed by atoms with Crippen LogP contribution in [0.15, 0.2) is 194 Å². The molecule has 1 aliphatic heterocycles. The summed E-state index contributed by atoms with van der Waals surface area (Å²) in [4.78, 5) is 13.3. The third kappa shape index (κ3) is 5.52. The van der Waals surface area contributed by atoms with Gasteiger partial charge in [-0.15, -0.1) is 0 Å². The average Bonchev–Trinajstić information content (AvgIpc) is 3.80. The zero-order valence-corrected chi connectivity index (χ0v) is 31.0. The number of fused-ring (bicyclic) bond motifs is 6.